The van der Waals surface area contributed by atoms with E-state index in [1.165, 1.54) is 0 Å². The molecule has 2 aromatic heterocycles. The second-order valence-corrected chi connectivity index (χ2v) is 7.75. The quantitative estimate of drug-likeness (QED) is 0.794. The van der Waals surface area contributed by atoms with Crippen molar-refractivity contribution in [2.75, 3.05) is 55.6 Å². The topological polar surface area (TPSA) is 77.7 Å². The van der Waals surface area contributed by atoms with Gasteiger partial charge in [0.1, 0.15) is 5.76 Å². The van der Waals surface area contributed by atoms with Crippen LogP contribution < -0.4 is 15.1 Å². The number of nitrogens with zero attached hydrogens (tertiary/aromatic N) is 5. The molecular weight excluding hydrogens is 368 g/mol. The average Bonchev–Trinajstić information content (AvgIpc) is 3.31. The smallest absolute Gasteiger partial charge is 0.225 e. The Hall–Kier alpha value is -2.61. The first-order valence-electron chi connectivity index (χ1n) is 10.6. The molecule has 0 aliphatic carbocycles. The second-order valence-electron chi connectivity index (χ2n) is 7.75. The van der Waals surface area contributed by atoms with Crippen LogP contribution in [0.2, 0.25) is 0 Å². The van der Waals surface area contributed by atoms with E-state index in [2.05, 4.69) is 43.2 Å². The first-order valence-corrected chi connectivity index (χ1v) is 10.6. The highest BCUT2D eigenvalue weighted by Crippen LogP contribution is 2.23. The Balaban J connectivity index is 1.31. The van der Waals surface area contributed by atoms with Crippen LogP contribution in [0.4, 0.5) is 11.6 Å². The summed E-state index contributed by atoms with van der Waals surface area (Å²) in [5.41, 5.74) is 0. The highest BCUT2D eigenvalue weighted by Gasteiger charge is 2.27. The largest absolute Gasteiger partial charge is 0.467 e. The highest BCUT2D eigenvalue weighted by atomic mass is 16.3. The number of hydrogen-bond donors (Lipinski definition) is 1. The SMILES string of the molecule is CCN1CCN(c2ccc(N3CCCC(C(=O)NCc4ccco4)C3)nn2)CC1. The molecule has 2 aliphatic rings. The van der Waals surface area contributed by atoms with Gasteiger partial charge in [0.05, 0.1) is 18.7 Å². The number of carbonyl (C=O) groups excluding carboxylic acids is 1. The van der Waals surface area contributed by atoms with E-state index in [0.717, 1.165) is 69.5 Å². The van der Waals surface area contributed by atoms with Gasteiger partial charge in [0, 0.05) is 39.3 Å². The zero-order chi connectivity index (χ0) is 20.1. The van der Waals surface area contributed by atoms with E-state index in [1.807, 2.05) is 18.2 Å². The first-order chi connectivity index (χ1) is 14.2. The average molecular weight is 399 g/mol. The number of piperidine rings is 1. The number of carbonyl (C=O) groups is 1. The Morgan fingerprint density at radius 1 is 1.10 bits per heavy atom. The van der Waals surface area contributed by atoms with E-state index in [9.17, 15) is 4.79 Å². The molecule has 2 fully saturated rings. The van der Waals surface area contributed by atoms with Crippen LogP contribution in [-0.4, -0.2) is 66.8 Å². The second kappa shape index (κ2) is 9.26. The van der Waals surface area contributed by atoms with Crippen molar-refractivity contribution < 1.29 is 9.21 Å². The van der Waals surface area contributed by atoms with E-state index in [0.29, 0.717) is 13.1 Å². The van der Waals surface area contributed by atoms with Crippen LogP contribution in [0.15, 0.2) is 34.9 Å². The summed E-state index contributed by atoms with van der Waals surface area (Å²) in [6.45, 7) is 9.44. The van der Waals surface area contributed by atoms with Crippen molar-refractivity contribution in [2.45, 2.75) is 26.3 Å². The van der Waals surface area contributed by atoms with Gasteiger partial charge in [-0.1, -0.05) is 6.92 Å². The van der Waals surface area contributed by atoms with Crippen molar-refractivity contribution in [2.24, 2.45) is 5.92 Å². The summed E-state index contributed by atoms with van der Waals surface area (Å²) in [4.78, 5) is 19.5. The number of aromatic nitrogens is 2. The zero-order valence-corrected chi connectivity index (χ0v) is 17.1. The summed E-state index contributed by atoms with van der Waals surface area (Å²) in [7, 11) is 0. The van der Waals surface area contributed by atoms with Gasteiger partial charge in [-0.3, -0.25) is 4.79 Å². The summed E-state index contributed by atoms with van der Waals surface area (Å²) >= 11 is 0. The molecule has 1 unspecified atom stereocenters. The van der Waals surface area contributed by atoms with Gasteiger partial charge in [0.2, 0.25) is 5.91 Å². The fourth-order valence-electron chi connectivity index (χ4n) is 4.08. The molecule has 29 heavy (non-hydrogen) atoms. The molecule has 4 heterocycles. The zero-order valence-electron chi connectivity index (χ0n) is 17.1. The summed E-state index contributed by atoms with van der Waals surface area (Å²) in [5.74, 6) is 2.60. The molecule has 1 atom stereocenters. The van der Waals surface area contributed by atoms with Gasteiger partial charge < -0.3 is 24.4 Å². The van der Waals surface area contributed by atoms with Gasteiger partial charge in [0.25, 0.3) is 0 Å². The molecule has 4 rings (SSSR count). The van der Waals surface area contributed by atoms with Gasteiger partial charge in [0.15, 0.2) is 11.6 Å². The van der Waals surface area contributed by atoms with Crippen LogP contribution in [0, 0.1) is 5.92 Å². The number of amides is 1. The molecule has 0 bridgehead atoms. The van der Waals surface area contributed by atoms with Crippen molar-refractivity contribution in [3.05, 3.63) is 36.3 Å². The fourth-order valence-corrected chi connectivity index (χ4v) is 4.08. The lowest BCUT2D eigenvalue weighted by Crippen LogP contribution is -2.46. The molecule has 1 N–H and O–H groups in total. The molecule has 0 aromatic carbocycles. The monoisotopic (exact) mass is 398 g/mol. The number of anilines is 2. The maximum Gasteiger partial charge on any atom is 0.225 e. The minimum Gasteiger partial charge on any atom is -0.467 e. The Kier molecular flexibility index (Phi) is 6.29. The third-order valence-corrected chi connectivity index (χ3v) is 5.91. The van der Waals surface area contributed by atoms with E-state index in [1.54, 1.807) is 6.26 Å². The summed E-state index contributed by atoms with van der Waals surface area (Å²) in [6, 6.07) is 7.80. The molecule has 2 aromatic rings. The van der Waals surface area contributed by atoms with Crippen molar-refractivity contribution in [3.63, 3.8) is 0 Å². The Morgan fingerprint density at radius 3 is 2.52 bits per heavy atom. The molecular formula is C21H30N6O2. The predicted octanol–water partition coefficient (Wildman–Crippen LogP) is 1.74. The number of rotatable bonds is 6. The van der Waals surface area contributed by atoms with Crippen molar-refractivity contribution in [3.8, 4) is 0 Å². The lowest BCUT2D eigenvalue weighted by Gasteiger charge is -2.35. The van der Waals surface area contributed by atoms with Gasteiger partial charge in [-0.15, -0.1) is 10.2 Å². The molecule has 2 aliphatic heterocycles. The maximum absolute atomic E-state index is 12.6. The summed E-state index contributed by atoms with van der Waals surface area (Å²) < 4.78 is 5.29. The van der Waals surface area contributed by atoms with Crippen molar-refractivity contribution in [1.82, 2.24) is 20.4 Å². The van der Waals surface area contributed by atoms with E-state index in [-0.39, 0.29) is 11.8 Å². The van der Waals surface area contributed by atoms with E-state index in [4.69, 9.17) is 4.42 Å². The van der Waals surface area contributed by atoms with Crippen LogP contribution in [0.5, 0.6) is 0 Å². The minimum atomic E-state index is -0.0395. The minimum absolute atomic E-state index is 0.0395. The van der Waals surface area contributed by atoms with Crippen LogP contribution in [0.25, 0.3) is 0 Å². The number of nitrogens with one attached hydrogen (secondary N) is 1. The lowest BCUT2D eigenvalue weighted by molar-refractivity contribution is -0.125. The number of likely N-dealkylation sites (N-methyl/N-ethyl adjacent to an activating group) is 1. The lowest BCUT2D eigenvalue weighted by atomic mass is 9.97. The van der Waals surface area contributed by atoms with Crippen LogP contribution >= 0.6 is 0 Å². The molecule has 8 nitrogen and oxygen atoms in total. The summed E-state index contributed by atoms with van der Waals surface area (Å²) in [6.07, 6.45) is 3.49. The Morgan fingerprint density at radius 2 is 1.86 bits per heavy atom. The van der Waals surface area contributed by atoms with Crippen LogP contribution in [0.3, 0.4) is 0 Å². The molecule has 1 amide bonds. The number of piperazine rings is 1. The van der Waals surface area contributed by atoms with Gasteiger partial charge >= 0.3 is 0 Å². The standard InChI is InChI=1S/C21H30N6O2/c1-2-25-10-12-26(13-11-25)19-7-8-20(24-23-19)27-9-3-5-17(16-27)21(28)22-15-18-6-4-14-29-18/h4,6-8,14,17H,2-3,5,9-13,15-16H2,1H3,(H,22,28). The third-order valence-electron chi connectivity index (χ3n) is 5.91. The molecule has 0 saturated carbocycles. The highest BCUT2D eigenvalue weighted by molar-refractivity contribution is 5.79. The van der Waals surface area contributed by atoms with Crippen LogP contribution in [-0.2, 0) is 11.3 Å². The van der Waals surface area contributed by atoms with Crippen molar-refractivity contribution >= 4 is 17.5 Å². The van der Waals surface area contributed by atoms with Gasteiger partial charge in [-0.25, -0.2) is 0 Å². The normalized spacial score (nSPS) is 20.7. The molecule has 2 saturated heterocycles. The van der Waals surface area contributed by atoms with E-state index >= 15 is 0 Å². The van der Waals surface area contributed by atoms with Crippen LogP contribution in [0.1, 0.15) is 25.5 Å². The summed E-state index contributed by atoms with van der Waals surface area (Å²) in [5, 5.41) is 11.9. The van der Waals surface area contributed by atoms with Gasteiger partial charge in [-0.05, 0) is 43.7 Å². The van der Waals surface area contributed by atoms with Crippen molar-refractivity contribution in [1.29, 1.82) is 0 Å². The predicted molar refractivity (Wildman–Crippen MR) is 112 cm³/mol. The number of furan rings is 1. The molecule has 8 heteroatoms. The molecule has 0 spiro atoms. The molecule has 0 radical (unpaired) electrons. The van der Waals surface area contributed by atoms with Gasteiger partial charge in [-0.2, -0.15) is 0 Å². The Bertz CT molecular complexity index is 771. The van der Waals surface area contributed by atoms with E-state index < -0.39 is 0 Å². The first kappa shape index (κ1) is 19.7. The Labute approximate surface area is 171 Å². The third kappa shape index (κ3) is 4.87. The number of hydrogen-bond acceptors (Lipinski definition) is 7. The fraction of sp³-hybridized carbons (Fsp3) is 0.571. The molecule has 156 valence electrons. The maximum atomic E-state index is 12.6.